The fourth-order valence-corrected chi connectivity index (χ4v) is 2.33. The van der Waals surface area contributed by atoms with Crippen LogP contribution >= 0.6 is 0 Å². The zero-order valence-corrected chi connectivity index (χ0v) is 18.3. The maximum Gasteiger partial charge on any atom is 0.414 e. The van der Waals surface area contributed by atoms with Gasteiger partial charge in [0.25, 0.3) is 0 Å². The molecule has 156 valence electrons. The second kappa shape index (κ2) is 12.6. The molecule has 0 aromatic rings. The minimum atomic E-state index is -1.29. The van der Waals surface area contributed by atoms with Gasteiger partial charge in [-0.05, 0) is 47.0 Å². The fraction of sp³-hybridized carbons (Fsp3) is 0.952. The highest BCUT2D eigenvalue weighted by molar-refractivity contribution is 5.68. The van der Waals surface area contributed by atoms with Gasteiger partial charge in [0.15, 0.2) is 0 Å². The van der Waals surface area contributed by atoms with Gasteiger partial charge in [-0.3, -0.25) is 4.90 Å². The normalized spacial score (nSPS) is 13.5. The van der Waals surface area contributed by atoms with Crippen LogP contribution in [0.1, 0.15) is 106 Å². The predicted octanol–water partition coefficient (Wildman–Crippen LogP) is 5.85. The Morgan fingerprint density at radius 1 is 0.885 bits per heavy atom. The average molecular weight is 374 g/mol. The number of aliphatic hydroxyl groups is 1. The van der Waals surface area contributed by atoms with E-state index in [0.29, 0.717) is 13.0 Å². The molecule has 0 aromatic carbocycles. The molecule has 0 bridgehead atoms. The first-order valence-electron chi connectivity index (χ1n) is 10.4. The first-order valence-corrected chi connectivity index (χ1v) is 10.4. The predicted molar refractivity (Wildman–Crippen MR) is 107 cm³/mol. The van der Waals surface area contributed by atoms with Crippen molar-refractivity contribution in [3.63, 3.8) is 0 Å². The van der Waals surface area contributed by atoms with Crippen molar-refractivity contribution in [3.8, 4) is 0 Å². The van der Waals surface area contributed by atoms with Crippen LogP contribution in [-0.2, 0) is 9.47 Å². The summed E-state index contributed by atoms with van der Waals surface area (Å²) in [5, 5.41) is 10.5. The third kappa shape index (κ3) is 11.0. The number of hydrogen-bond acceptors (Lipinski definition) is 4. The van der Waals surface area contributed by atoms with E-state index in [0.717, 1.165) is 25.7 Å². The molecule has 0 fully saturated rings. The molecule has 1 atom stereocenters. The van der Waals surface area contributed by atoms with Crippen LogP contribution in [0.2, 0.25) is 0 Å². The summed E-state index contributed by atoms with van der Waals surface area (Å²) in [6.45, 7) is 14.2. The standard InChI is InChI=1S/C21H43NO4/c1-8-11-12-13-14-15-16-17-22(18(23)25-20(4,5)9-2)19(24)26-21(6,7)10-3/h18,23H,8-17H2,1-7H3. The van der Waals surface area contributed by atoms with Crippen LogP contribution in [0.4, 0.5) is 4.79 Å². The summed E-state index contributed by atoms with van der Waals surface area (Å²) in [6, 6.07) is 0. The lowest BCUT2D eigenvalue weighted by molar-refractivity contribution is -0.236. The number of amides is 1. The number of aliphatic hydroxyl groups excluding tert-OH is 1. The molecule has 5 nitrogen and oxygen atoms in total. The lowest BCUT2D eigenvalue weighted by Gasteiger charge is -2.35. The van der Waals surface area contributed by atoms with Crippen LogP contribution in [-0.4, -0.2) is 40.3 Å². The van der Waals surface area contributed by atoms with Crippen LogP contribution < -0.4 is 0 Å². The van der Waals surface area contributed by atoms with E-state index in [1.807, 2.05) is 41.5 Å². The van der Waals surface area contributed by atoms with E-state index in [9.17, 15) is 9.90 Å². The van der Waals surface area contributed by atoms with Crippen molar-refractivity contribution in [2.45, 2.75) is 124 Å². The summed E-state index contributed by atoms with van der Waals surface area (Å²) in [4.78, 5) is 13.9. The Hall–Kier alpha value is -0.810. The van der Waals surface area contributed by atoms with Crippen molar-refractivity contribution in [2.75, 3.05) is 6.54 Å². The van der Waals surface area contributed by atoms with E-state index < -0.39 is 23.7 Å². The molecule has 0 saturated heterocycles. The number of carbonyl (C=O) groups is 1. The largest absolute Gasteiger partial charge is 0.443 e. The third-order valence-corrected chi connectivity index (χ3v) is 4.99. The van der Waals surface area contributed by atoms with Crippen LogP contribution in [0.25, 0.3) is 0 Å². The van der Waals surface area contributed by atoms with Gasteiger partial charge in [-0.2, -0.15) is 0 Å². The summed E-state index contributed by atoms with van der Waals surface area (Å²) >= 11 is 0. The van der Waals surface area contributed by atoms with Gasteiger partial charge >= 0.3 is 6.09 Å². The van der Waals surface area contributed by atoms with E-state index in [4.69, 9.17) is 9.47 Å². The number of ether oxygens (including phenoxy) is 2. The van der Waals surface area contributed by atoms with E-state index in [1.54, 1.807) is 0 Å². The van der Waals surface area contributed by atoms with Crippen molar-refractivity contribution in [1.29, 1.82) is 0 Å². The number of nitrogens with zero attached hydrogens (tertiary/aromatic N) is 1. The number of rotatable bonds is 14. The van der Waals surface area contributed by atoms with Gasteiger partial charge < -0.3 is 14.6 Å². The minimum Gasteiger partial charge on any atom is -0.443 e. The Morgan fingerprint density at radius 3 is 1.88 bits per heavy atom. The zero-order chi connectivity index (χ0) is 20.2. The first-order chi connectivity index (χ1) is 12.1. The summed E-state index contributed by atoms with van der Waals surface area (Å²) in [7, 11) is 0. The summed E-state index contributed by atoms with van der Waals surface area (Å²) in [6.07, 6.45) is 7.69. The van der Waals surface area contributed by atoms with Gasteiger partial charge in [0.2, 0.25) is 6.41 Å². The van der Waals surface area contributed by atoms with Gasteiger partial charge in [-0.15, -0.1) is 0 Å². The van der Waals surface area contributed by atoms with E-state index in [2.05, 4.69) is 6.92 Å². The Morgan fingerprint density at radius 2 is 1.38 bits per heavy atom. The molecule has 5 heteroatoms. The van der Waals surface area contributed by atoms with Crippen molar-refractivity contribution in [2.24, 2.45) is 0 Å². The molecule has 0 aliphatic carbocycles. The Balaban J connectivity index is 4.70. The molecule has 0 radical (unpaired) electrons. The fourth-order valence-electron chi connectivity index (χ4n) is 2.33. The summed E-state index contributed by atoms with van der Waals surface area (Å²) in [5.41, 5.74) is -1.06. The van der Waals surface area contributed by atoms with Gasteiger partial charge in [-0.25, -0.2) is 4.79 Å². The van der Waals surface area contributed by atoms with Gasteiger partial charge in [0.05, 0.1) is 5.60 Å². The Bertz CT molecular complexity index is 382. The quantitative estimate of drug-likeness (QED) is 0.307. The van der Waals surface area contributed by atoms with Gasteiger partial charge in [0.1, 0.15) is 5.60 Å². The van der Waals surface area contributed by atoms with Gasteiger partial charge in [0, 0.05) is 6.54 Å². The second-order valence-corrected chi connectivity index (χ2v) is 8.35. The van der Waals surface area contributed by atoms with E-state index in [1.165, 1.54) is 30.6 Å². The highest BCUT2D eigenvalue weighted by atomic mass is 16.7. The summed E-state index contributed by atoms with van der Waals surface area (Å²) < 4.78 is 11.3. The molecule has 0 saturated carbocycles. The van der Waals surface area contributed by atoms with Crippen LogP contribution in [0, 0.1) is 0 Å². The highest BCUT2D eigenvalue weighted by Crippen LogP contribution is 2.21. The van der Waals surface area contributed by atoms with E-state index in [-0.39, 0.29) is 0 Å². The SMILES string of the molecule is CCCCCCCCCN(C(=O)OC(C)(C)CC)C(O)OC(C)(C)CC. The second-order valence-electron chi connectivity index (χ2n) is 8.35. The highest BCUT2D eigenvalue weighted by Gasteiger charge is 2.32. The van der Waals surface area contributed by atoms with Crippen LogP contribution in [0.5, 0.6) is 0 Å². The molecule has 1 unspecified atom stereocenters. The third-order valence-electron chi connectivity index (χ3n) is 4.99. The first kappa shape index (κ1) is 25.2. The smallest absolute Gasteiger partial charge is 0.414 e. The molecule has 0 spiro atoms. The molecule has 0 rings (SSSR count). The van der Waals surface area contributed by atoms with Gasteiger partial charge in [-0.1, -0.05) is 59.3 Å². The van der Waals surface area contributed by atoms with Crippen LogP contribution in [0.3, 0.4) is 0 Å². The topological polar surface area (TPSA) is 59.0 Å². The zero-order valence-electron chi connectivity index (χ0n) is 18.3. The summed E-state index contributed by atoms with van der Waals surface area (Å²) in [5.74, 6) is 0. The van der Waals surface area contributed by atoms with Crippen molar-refractivity contribution in [1.82, 2.24) is 4.90 Å². The monoisotopic (exact) mass is 373 g/mol. The molecule has 0 aromatic heterocycles. The molecule has 1 N–H and O–H groups in total. The van der Waals surface area contributed by atoms with Crippen molar-refractivity contribution < 1.29 is 19.4 Å². The molecular weight excluding hydrogens is 330 g/mol. The molecule has 26 heavy (non-hydrogen) atoms. The lowest BCUT2D eigenvalue weighted by atomic mass is 10.1. The number of carbonyl (C=O) groups excluding carboxylic acids is 1. The number of unbranched alkanes of at least 4 members (excludes halogenated alkanes) is 6. The van der Waals surface area contributed by atoms with E-state index >= 15 is 0 Å². The molecule has 0 aliphatic heterocycles. The maximum atomic E-state index is 12.6. The molecular formula is C21H43NO4. The Kier molecular flexibility index (Phi) is 12.2. The lowest BCUT2D eigenvalue weighted by Crippen LogP contribution is -2.48. The van der Waals surface area contributed by atoms with Crippen molar-refractivity contribution in [3.05, 3.63) is 0 Å². The Labute approximate surface area is 161 Å². The number of hydrogen-bond donors (Lipinski definition) is 1. The van der Waals surface area contributed by atoms with Crippen LogP contribution in [0.15, 0.2) is 0 Å². The minimum absolute atomic E-state index is 0.438. The average Bonchev–Trinajstić information content (AvgIpc) is 2.56. The molecule has 0 aliphatic rings. The molecule has 0 heterocycles. The van der Waals surface area contributed by atoms with Crippen molar-refractivity contribution >= 4 is 6.09 Å². The maximum absolute atomic E-state index is 12.6. The molecule has 1 amide bonds.